The van der Waals surface area contributed by atoms with Gasteiger partial charge in [-0.15, -0.1) is 5.92 Å². The van der Waals surface area contributed by atoms with E-state index in [1.54, 1.807) is 0 Å². The molecule has 0 amide bonds. The second kappa shape index (κ2) is 10.6. The number of fused-ring (bicyclic) bond motifs is 1. The van der Waals surface area contributed by atoms with Gasteiger partial charge in [-0.1, -0.05) is 26.2 Å². The first-order valence-electron chi connectivity index (χ1n) is 13.0. The fourth-order valence-electron chi connectivity index (χ4n) is 6.96. The Morgan fingerprint density at radius 1 is 1.03 bits per heavy atom. The maximum absolute atomic E-state index is 13.1. The van der Waals surface area contributed by atoms with Crippen LogP contribution in [0.3, 0.4) is 0 Å². The van der Waals surface area contributed by atoms with Gasteiger partial charge in [-0.3, -0.25) is 4.79 Å². The van der Waals surface area contributed by atoms with Gasteiger partial charge in [0.2, 0.25) is 5.92 Å². The lowest BCUT2D eigenvalue weighted by molar-refractivity contribution is -0.264. The molecule has 4 atom stereocenters. The second-order valence-electron chi connectivity index (χ2n) is 13.0. The lowest BCUT2D eigenvalue weighted by Crippen LogP contribution is -2.44. The molecule has 0 saturated heterocycles. The molecule has 0 aromatic heterocycles. The molecule has 2 saturated carbocycles. The summed E-state index contributed by atoms with van der Waals surface area (Å²) in [5.41, 5.74) is -1.29. The Hall–Kier alpha value is -1.01. The highest BCUT2D eigenvalue weighted by Gasteiger charge is 2.57. The van der Waals surface area contributed by atoms with Crippen LogP contribution in [0.2, 0.25) is 19.6 Å². The summed E-state index contributed by atoms with van der Waals surface area (Å²) in [6, 6.07) is 0. The van der Waals surface area contributed by atoms with Crippen molar-refractivity contribution in [2.45, 2.75) is 123 Å². The Morgan fingerprint density at radius 3 is 2.14 bits per heavy atom. The van der Waals surface area contributed by atoms with Crippen molar-refractivity contribution in [3.05, 3.63) is 0 Å². The highest BCUT2D eigenvalue weighted by molar-refractivity contribution is 6.69. The number of Topliss-reactive ketones (excluding diaryl/α,β-unsaturated/α-hetero) is 1. The van der Waals surface area contributed by atoms with Gasteiger partial charge >= 0.3 is 12.4 Å². The van der Waals surface area contributed by atoms with Crippen LogP contribution >= 0.6 is 0 Å². The summed E-state index contributed by atoms with van der Waals surface area (Å²) in [5, 5.41) is 0. The molecule has 0 aromatic rings. The van der Waals surface area contributed by atoms with E-state index in [1.807, 2.05) is 20.8 Å². The Kier molecular flexibility index (Phi) is 9.21. The number of carbonyl (C=O) groups excluding carboxylic acids is 1. The SMILES string of the molecule is CC(C)(CCCC(C)(CC#CC(C(F)(F)F)C(F)(F)F)[C@H]1CCC2C(=O)CCC[C@@]21C)O[Si](C)(C)C. The van der Waals surface area contributed by atoms with Gasteiger partial charge in [-0.05, 0) is 88.8 Å². The summed E-state index contributed by atoms with van der Waals surface area (Å²) in [7, 11) is -1.80. The molecular formula is C27H42F6O2Si. The standard InChI is InChI=1S/C27H42F6O2Si/c1-23(2,35-36(5,6)7)15-10-17-24(3,16-9-12-22(26(28,29)30)27(31,32)33)21-14-13-19-20(34)11-8-18-25(19,21)4/h19,21-22H,8,10-11,13-18H2,1-7H3/t19?,21-,24?,25+/m1/s1. The highest BCUT2D eigenvalue weighted by atomic mass is 28.4. The topological polar surface area (TPSA) is 26.3 Å². The van der Waals surface area contributed by atoms with Crippen molar-refractivity contribution >= 4 is 14.1 Å². The van der Waals surface area contributed by atoms with E-state index in [-0.39, 0.29) is 35.1 Å². The number of hydrogen-bond acceptors (Lipinski definition) is 2. The fraction of sp³-hybridized carbons (Fsp3) is 0.889. The van der Waals surface area contributed by atoms with Crippen LogP contribution in [-0.4, -0.2) is 32.1 Å². The van der Waals surface area contributed by atoms with Crippen molar-refractivity contribution in [1.82, 2.24) is 0 Å². The van der Waals surface area contributed by atoms with Gasteiger partial charge in [0.15, 0.2) is 8.32 Å². The maximum Gasteiger partial charge on any atom is 0.411 e. The monoisotopic (exact) mass is 540 g/mol. The van der Waals surface area contributed by atoms with Gasteiger partial charge < -0.3 is 4.43 Å². The van der Waals surface area contributed by atoms with Gasteiger partial charge in [0.05, 0.1) is 5.60 Å². The Bertz CT molecular complexity index is 834. The molecule has 208 valence electrons. The van der Waals surface area contributed by atoms with E-state index >= 15 is 0 Å². The molecule has 0 bridgehead atoms. The Morgan fingerprint density at radius 2 is 1.61 bits per heavy atom. The highest BCUT2D eigenvalue weighted by Crippen LogP contribution is 2.61. The molecule has 0 N–H and O–H groups in total. The molecule has 0 aromatic carbocycles. The zero-order valence-electron chi connectivity index (χ0n) is 22.7. The van der Waals surface area contributed by atoms with Gasteiger partial charge in [0.25, 0.3) is 0 Å². The van der Waals surface area contributed by atoms with Gasteiger partial charge in [-0.2, -0.15) is 26.3 Å². The lowest BCUT2D eigenvalue weighted by Gasteiger charge is -2.48. The number of ketones is 1. The van der Waals surface area contributed by atoms with Gasteiger partial charge in [-0.25, -0.2) is 0 Å². The minimum absolute atomic E-state index is 0.00444. The van der Waals surface area contributed by atoms with E-state index < -0.39 is 32.0 Å². The van der Waals surface area contributed by atoms with Crippen LogP contribution in [0.25, 0.3) is 0 Å². The number of rotatable bonds is 8. The predicted octanol–water partition coefficient (Wildman–Crippen LogP) is 8.71. The smallest absolute Gasteiger partial charge is 0.411 e. The molecule has 2 aliphatic rings. The number of hydrogen-bond donors (Lipinski definition) is 0. The summed E-state index contributed by atoms with van der Waals surface area (Å²) in [5.74, 6) is 0.349. The molecule has 2 nitrogen and oxygen atoms in total. The molecule has 36 heavy (non-hydrogen) atoms. The van der Waals surface area contributed by atoms with Crippen molar-refractivity contribution in [2.24, 2.45) is 28.6 Å². The fourth-order valence-corrected chi connectivity index (χ4v) is 8.72. The molecule has 0 spiro atoms. The van der Waals surface area contributed by atoms with Crippen LogP contribution in [0.5, 0.6) is 0 Å². The molecule has 2 unspecified atom stereocenters. The molecular weight excluding hydrogens is 498 g/mol. The zero-order valence-corrected chi connectivity index (χ0v) is 23.7. The van der Waals surface area contributed by atoms with Crippen molar-refractivity contribution in [3.63, 3.8) is 0 Å². The van der Waals surface area contributed by atoms with Crippen LogP contribution in [0, 0.1) is 40.4 Å². The maximum atomic E-state index is 13.1. The van der Waals surface area contributed by atoms with Crippen LogP contribution < -0.4 is 0 Å². The van der Waals surface area contributed by atoms with E-state index in [9.17, 15) is 31.1 Å². The quantitative estimate of drug-likeness (QED) is 0.175. The van der Waals surface area contributed by atoms with Gasteiger partial charge in [0.1, 0.15) is 5.78 Å². The van der Waals surface area contributed by atoms with E-state index in [0.717, 1.165) is 32.1 Å². The first-order valence-corrected chi connectivity index (χ1v) is 16.4. The van der Waals surface area contributed by atoms with E-state index in [2.05, 4.69) is 32.5 Å². The number of carbonyl (C=O) groups is 1. The Labute approximate surface area is 213 Å². The van der Waals surface area contributed by atoms with Crippen LogP contribution in [0.1, 0.15) is 85.5 Å². The molecule has 2 aliphatic carbocycles. The first-order chi connectivity index (χ1) is 16.1. The number of alkyl halides is 6. The van der Waals surface area contributed by atoms with Crippen molar-refractivity contribution in [2.75, 3.05) is 0 Å². The molecule has 2 fully saturated rings. The van der Waals surface area contributed by atoms with E-state index in [1.165, 1.54) is 5.92 Å². The Balaban J connectivity index is 2.33. The average molecular weight is 541 g/mol. The summed E-state index contributed by atoms with van der Waals surface area (Å²) in [6.45, 7) is 14.4. The first kappa shape index (κ1) is 31.2. The normalized spacial score (nSPS) is 27.4. The third-order valence-electron chi connectivity index (χ3n) is 8.21. The molecule has 2 rings (SSSR count). The van der Waals surface area contributed by atoms with Crippen molar-refractivity contribution in [1.29, 1.82) is 0 Å². The molecule has 0 heterocycles. The summed E-state index contributed by atoms with van der Waals surface area (Å²) in [4.78, 5) is 12.7. The third-order valence-corrected chi connectivity index (χ3v) is 9.37. The van der Waals surface area contributed by atoms with Crippen LogP contribution in [0.4, 0.5) is 26.3 Å². The van der Waals surface area contributed by atoms with Crippen molar-refractivity contribution in [3.8, 4) is 11.8 Å². The summed E-state index contributed by atoms with van der Waals surface area (Å²) >= 11 is 0. The van der Waals surface area contributed by atoms with E-state index in [4.69, 9.17) is 4.43 Å². The second-order valence-corrected chi connectivity index (χ2v) is 17.4. The number of halogens is 6. The van der Waals surface area contributed by atoms with Crippen molar-refractivity contribution < 1.29 is 35.6 Å². The van der Waals surface area contributed by atoms with Crippen LogP contribution in [-0.2, 0) is 9.22 Å². The molecule has 0 aliphatic heterocycles. The molecule has 9 heteroatoms. The van der Waals surface area contributed by atoms with Gasteiger partial charge in [0, 0.05) is 18.8 Å². The van der Waals surface area contributed by atoms with E-state index in [0.29, 0.717) is 19.3 Å². The average Bonchev–Trinajstić information content (AvgIpc) is 3.00. The lowest BCUT2D eigenvalue weighted by atomic mass is 9.56. The largest absolute Gasteiger partial charge is 0.413 e. The minimum Gasteiger partial charge on any atom is -0.413 e. The summed E-state index contributed by atoms with van der Waals surface area (Å²) in [6.07, 6.45) is -5.35. The van der Waals surface area contributed by atoms with Crippen LogP contribution in [0.15, 0.2) is 0 Å². The minimum atomic E-state index is -5.47. The summed E-state index contributed by atoms with van der Waals surface area (Å²) < 4.78 is 84.7. The molecule has 0 radical (unpaired) electrons. The predicted molar refractivity (Wildman–Crippen MR) is 132 cm³/mol. The third kappa shape index (κ3) is 7.75. The zero-order chi connectivity index (χ0) is 27.8.